The summed E-state index contributed by atoms with van der Waals surface area (Å²) in [4.78, 5) is 0. The van der Waals surface area contributed by atoms with E-state index < -0.39 is 8.07 Å². The van der Waals surface area contributed by atoms with Crippen molar-refractivity contribution in [3.63, 3.8) is 0 Å². The summed E-state index contributed by atoms with van der Waals surface area (Å²) in [6.45, 7) is 3.75. The molecule has 0 aliphatic carbocycles. The van der Waals surface area contributed by atoms with Gasteiger partial charge in [0.1, 0.15) is 0 Å². The molecule has 0 aliphatic heterocycles. The van der Waals surface area contributed by atoms with E-state index in [1.807, 2.05) is 30.3 Å². The minimum Gasteiger partial charge on any atom is -0.126 e. The predicted molar refractivity (Wildman–Crippen MR) is 63.8 cm³/mol. The van der Waals surface area contributed by atoms with Gasteiger partial charge in [-0.3, -0.25) is 0 Å². The topological polar surface area (TPSA) is 0 Å². The average molecular weight is 196 g/mol. The molecule has 1 rings (SSSR count). The molecule has 1 heteroatoms. The maximum atomic E-state index is 5.47. The summed E-state index contributed by atoms with van der Waals surface area (Å²) >= 11 is 0. The van der Waals surface area contributed by atoms with E-state index in [0.29, 0.717) is 0 Å². The van der Waals surface area contributed by atoms with Gasteiger partial charge in [-0.25, -0.2) is 0 Å². The molecule has 0 aromatic heterocycles. The highest BCUT2D eigenvalue weighted by Gasteiger charge is 2.24. The molecule has 0 saturated carbocycles. The van der Waals surface area contributed by atoms with Gasteiger partial charge < -0.3 is 0 Å². The zero-order valence-corrected chi connectivity index (χ0v) is 9.03. The molecule has 0 amide bonds. The molecule has 0 fully saturated rings. The maximum absolute atomic E-state index is 5.47. The molecule has 0 radical (unpaired) electrons. The van der Waals surface area contributed by atoms with Crippen LogP contribution in [0.15, 0.2) is 42.6 Å². The number of terminal acetylenes is 2. The molecule has 0 bridgehead atoms. The molecule has 0 nitrogen and oxygen atoms in total. The summed E-state index contributed by atoms with van der Waals surface area (Å²) in [5.74, 6) is 0. The van der Waals surface area contributed by atoms with E-state index in [2.05, 4.69) is 17.7 Å². The van der Waals surface area contributed by atoms with Gasteiger partial charge in [0.25, 0.3) is 0 Å². The van der Waals surface area contributed by atoms with Gasteiger partial charge in [-0.2, -0.15) is 0 Å². The van der Waals surface area contributed by atoms with E-state index in [1.165, 1.54) is 5.56 Å². The van der Waals surface area contributed by atoms with Gasteiger partial charge in [0.05, 0.1) is 0 Å². The Balaban J connectivity index is 2.94. The van der Waals surface area contributed by atoms with Crippen LogP contribution in [-0.2, 0) is 6.04 Å². The second-order valence-electron chi connectivity index (χ2n) is 3.13. The second kappa shape index (κ2) is 4.51. The Morgan fingerprint density at radius 2 is 1.79 bits per heavy atom. The summed E-state index contributed by atoms with van der Waals surface area (Å²) in [6, 6.07) is 10.8. The van der Waals surface area contributed by atoms with Crippen LogP contribution in [0, 0.1) is 23.9 Å². The lowest BCUT2D eigenvalue weighted by Gasteiger charge is -2.13. The van der Waals surface area contributed by atoms with Crippen molar-refractivity contribution in [3.05, 3.63) is 48.2 Å². The van der Waals surface area contributed by atoms with Crippen LogP contribution in [0.1, 0.15) is 5.56 Å². The highest BCUT2D eigenvalue weighted by molar-refractivity contribution is 6.97. The zero-order chi connectivity index (χ0) is 10.4. The van der Waals surface area contributed by atoms with Crippen molar-refractivity contribution < 1.29 is 0 Å². The largest absolute Gasteiger partial charge is 0.242 e. The SMILES string of the molecule is C#C[Si](C#C)(C=C)Cc1ccccc1. The quantitative estimate of drug-likeness (QED) is 0.514. The minimum absolute atomic E-state index is 0.782. The Morgan fingerprint density at radius 1 is 1.21 bits per heavy atom. The Kier molecular flexibility index (Phi) is 3.34. The van der Waals surface area contributed by atoms with Crippen LogP contribution in [0.3, 0.4) is 0 Å². The van der Waals surface area contributed by atoms with Crippen molar-refractivity contribution in [2.75, 3.05) is 0 Å². The van der Waals surface area contributed by atoms with Gasteiger partial charge in [-0.05, 0) is 11.6 Å². The minimum atomic E-state index is -2.14. The van der Waals surface area contributed by atoms with Crippen LogP contribution < -0.4 is 0 Å². The summed E-state index contributed by atoms with van der Waals surface area (Å²) < 4.78 is 0. The summed E-state index contributed by atoms with van der Waals surface area (Å²) in [6.07, 6.45) is 10.9. The third-order valence-electron chi connectivity index (χ3n) is 2.19. The Morgan fingerprint density at radius 3 is 2.21 bits per heavy atom. The first-order valence-electron chi connectivity index (χ1n) is 4.39. The molecule has 0 heterocycles. The summed E-state index contributed by atoms with van der Waals surface area (Å²) in [5, 5.41) is 0. The molecule has 68 valence electrons. The highest BCUT2D eigenvalue weighted by atomic mass is 28.3. The van der Waals surface area contributed by atoms with Gasteiger partial charge in [0.2, 0.25) is 8.07 Å². The molecule has 0 aliphatic rings. The fourth-order valence-electron chi connectivity index (χ4n) is 1.25. The van der Waals surface area contributed by atoms with E-state index >= 15 is 0 Å². The van der Waals surface area contributed by atoms with E-state index in [9.17, 15) is 0 Å². The van der Waals surface area contributed by atoms with Crippen molar-refractivity contribution in [3.8, 4) is 23.9 Å². The Bertz CT molecular complexity index is 375. The van der Waals surface area contributed by atoms with Crippen molar-refractivity contribution >= 4 is 8.07 Å². The summed E-state index contributed by atoms with van der Waals surface area (Å²) in [5.41, 5.74) is 8.48. The molecular weight excluding hydrogens is 184 g/mol. The lowest BCUT2D eigenvalue weighted by molar-refractivity contribution is 1.36. The smallest absolute Gasteiger partial charge is 0.126 e. The lowest BCUT2D eigenvalue weighted by atomic mass is 10.2. The average Bonchev–Trinajstić information content (AvgIpc) is 2.28. The first-order valence-corrected chi connectivity index (χ1v) is 6.68. The standard InChI is InChI=1S/C13H12Si/c1-4-14(5-2,6-3)12-13-10-8-7-9-11-13/h1-2,6-11H,3,12H2. The van der Waals surface area contributed by atoms with Crippen molar-refractivity contribution in [2.24, 2.45) is 0 Å². The van der Waals surface area contributed by atoms with Crippen molar-refractivity contribution in [1.82, 2.24) is 0 Å². The molecule has 1 aromatic rings. The molecule has 0 unspecified atom stereocenters. The second-order valence-corrected chi connectivity index (χ2v) is 6.41. The van der Waals surface area contributed by atoms with E-state index in [0.717, 1.165) is 6.04 Å². The van der Waals surface area contributed by atoms with Gasteiger partial charge in [0, 0.05) is 0 Å². The van der Waals surface area contributed by atoms with Crippen LogP contribution in [0.25, 0.3) is 0 Å². The molecule has 1 aromatic carbocycles. The third kappa shape index (κ3) is 2.16. The number of hydrogen-bond donors (Lipinski definition) is 0. The van der Waals surface area contributed by atoms with Crippen LogP contribution in [0.5, 0.6) is 0 Å². The van der Waals surface area contributed by atoms with E-state index in [-0.39, 0.29) is 0 Å². The van der Waals surface area contributed by atoms with Gasteiger partial charge in [-0.1, -0.05) is 36.0 Å². The van der Waals surface area contributed by atoms with Crippen molar-refractivity contribution in [2.45, 2.75) is 6.04 Å². The van der Waals surface area contributed by atoms with Crippen molar-refractivity contribution in [1.29, 1.82) is 0 Å². The normalized spacial score (nSPS) is 9.86. The van der Waals surface area contributed by atoms with Gasteiger partial charge in [-0.15, -0.1) is 30.5 Å². The van der Waals surface area contributed by atoms with E-state index in [4.69, 9.17) is 12.8 Å². The maximum Gasteiger partial charge on any atom is 0.242 e. The van der Waals surface area contributed by atoms with Crippen LogP contribution in [0.4, 0.5) is 0 Å². The van der Waals surface area contributed by atoms with Gasteiger partial charge >= 0.3 is 0 Å². The lowest BCUT2D eigenvalue weighted by Crippen LogP contribution is -2.32. The molecule has 0 saturated heterocycles. The van der Waals surface area contributed by atoms with Gasteiger partial charge in [0.15, 0.2) is 0 Å². The molecule has 0 N–H and O–H groups in total. The first kappa shape index (κ1) is 10.4. The third-order valence-corrected chi connectivity index (χ3v) is 4.88. The molecule has 0 spiro atoms. The molecular formula is C13H12Si. The fourth-order valence-corrected chi connectivity index (χ4v) is 2.80. The predicted octanol–water partition coefficient (Wildman–Crippen LogP) is 2.29. The monoisotopic (exact) mass is 196 g/mol. The first-order chi connectivity index (χ1) is 6.76. The molecule has 0 atom stereocenters. The highest BCUT2D eigenvalue weighted by Crippen LogP contribution is 2.11. The molecule has 14 heavy (non-hydrogen) atoms. The fraction of sp³-hybridized carbons (Fsp3) is 0.0769. The number of rotatable bonds is 3. The van der Waals surface area contributed by atoms with Crippen LogP contribution in [-0.4, -0.2) is 8.07 Å². The van der Waals surface area contributed by atoms with Crippen LogP contribution in [0.2, 0.25) is 0 Å². The Hall–Kier alpha value is -1.70. The number of hydrogen-bond acceptors (Lipinski definition) is 0. The van der Waals surface area contributed by atoms with E-state index in [1.54, 1.807) is 5.70 Å². The zero-order valence-electron chi connectivity index (χ0n) is 8.03. The number of benzene rings is 1. The van der Waals surface area contributed by atoms with Crippen LogP contribution >= 0.6 is 0 Å². The summed E-state index contributed by atoms with van der Waals surface area (Å²) in [7, 11) is -2.14. The Labute approximate surface area is 86.7 Å².